The molecule has 2 aromatic rings. The maximum Gasteiger partial charge on any atom is 0.451 e. The van der Waals surface area contributed by atoms with Crippen LogP contribution in [0.4, 0.5) is 19.0 Å². The summed E-state index contributed by atoms with van der Waals surface area (Å²) in [7, 11) is 0. The molecule has 10 heteroatoms. The van der Waals surface area contributed by atoms with Gasteiger partial charge in [0.1, 0.15) is 15.9 Å². The Kier molecular flexibility index (Phi) is 4.31. The van der Waals surface area contributed by atoms with Crippen LogP contribution in [-0.2, 0) is 6.18 Å². The van der Waals surface area contributed by atoms with Gasteiger partial charge in [-0.3, -0.25) is 0 Å². The Labute approximate surface area is 120 Å². The van der Waals surface area contributed by atoms with Gasteiger partial charge in [0.25, 0.3) is 0 Å². The number of hydrazine groups is 1. The Morgan fingerprint density at radius 3 is 2.50 bits per heavy atom. The van der Waals surface area contributed by atoms with E-state index in [1.54, 1.807) is 12.1 Å². The number of hydrogen-bond acceptors (Lipinski definition) is 6. The molecule has 0 bridgehead atoms. The third-order valence-electron chi connectivity index (χ3n) is 2.01. The Bertz CT molecular complexity index is 605. The van der Waals surface area contributed by atoms with Crippen LogP contribution in [0.2, 0.25) is 5.02 Å². The minimum absolute atomic E-state index is 0.0649. The zero-order valence-corrected chi connectivity index (χ0v) is 11.2. The Hall–Kier alpha value is -1.58. The summed E-state index contributed by atoms with van der Waals surface area (Å²) in [6.45, 7) is 0. The van der Waals surface area contributed by atoms with Crippen molar-refractivity contribution in [1.82, 2.24) is 15.0 Å². The SMILES string of the molecule is NNc1cc(Sc2ccc(Cl)cn2)nc(C(F)(F)F)n1. The van der Waals surface area contributed by atoms with Crippen LogP contribution in [0.15, 0.2) is 34.4 Å². The molecule has 2 rings (SSSR count). The van der Waals surface area contributed by atoms with Crippen molar-refractivity contribution in [2.75, 3.05) is 5.43 Å². The monoisotopic (exact) mass is 321 g/mol. The van der Waals surface area contributed by atoms with Gasteiger partial charge in [0.05, 0.1) is 5.02 Å². The Morgan fingerprint density at radius 2 is 1.95 bits per heavy atom. The van der Waals surface area contributed by atoms with Crippen molar-refractivity contribution in [1.29, 1.82) is 0 Å². The number of pyridine rings is 1. The summed E-state index contributed by atoms with van der Waals surface area (Å²) >= 11 is 6.61. The molecular weight excluding hydrogens is 315 g/mol. The molecule has 0 saturated heterocycles. The lowest BCUT2D eigenvalue weighted by Crippen LogP contribution is -2.16. The van der Waals surface area contributed by atoms with Crippen molar-refractivity contribution in [3.63, 3.8) is 0 Å². The minimum Gasteiger partial charge on any atom is -0.308 e. The molecule has 0 spiro atoms. The van der Waals surface area contributed by atoms with Gasteiger partial charge in [-0.1, -0.05) is 11.6 Å². The predicted molar refractivity (Wildman–Crippen MR) is 68.2 cm³/mol. The van der Waals surface area contributed by atoms with E-state index in [2.05, 4.69) is 20.4 Å². The van der Waals surface area contributed by atoms with Crippen LogP contribution in [0.1, 0.15) is 5.82 Å². The second-order valence-corrected chi connectivity index (χ2v) is 4.95. The quantitative estimate of drug-likeness (QED) is 0.514. The summed E-state index contributed by atoms with van der Waals surface area (Å²) in [6, 6.07) is 4.43. The number of nitrogen functional groups attached to an aromatic ring is 1. The first-order valence-corrected chi connectivity index (χ1v) is 6.30. The molecule has 0 unspecified atom stereocenters. The average molecular weight is 322 g/mol. The van der Waals surface area contributed by atoms with E-state index in [1.165, 1.54) is 12.3 Å². The third-order valence-corrected chi connectivity index (χ3v) is 3.11. The van der Waals surface area contributed by atoms with Crippen molar-refractivity contribution in [3.8, 4) is 0 Å². The van der Waals surface area contributed by atoms with Gasteiger partial charge < -0.3 is 5.43 Å². The molecule has 3 N–H and O–H groups in total. The van der Waals surface area contributed by atoms with Gasteiger partial charge >= 0.3 is 6.18 Å². The predicted octanol–water partition coefficient (Wildman–Crippen LogP) is 2.98. The number of rotatable bonds is 3. The molecule has 0 amide bonds. The lowest BCUT2D eigenvalue weighted by molar-refractivity contribution is -0.145. The summed E-state index contributed by atoms with van der Waals surface area (Å²) in [4.78, 5) is 10.6. The topological polar surface area (TPSA) is 76.7 Å². The minimum atomic E-state index is -4.66. The molecule has 0 aliphatic carbocycles. The Morgan fingerprint density at radius 1 is 1.20 bits per heavy atom. The normalized spacial score (nSPS) is 11.4. The fraction of sp³-hybridized carbons (Fsp3) is 0.100. The highest BCUT2D eigenvalue weighted by Gasteiger charge is 2.35. The zero-order valence-electron chi connectivity index (χ0n) is 9.65. The highest BCUT2D eigenvalue weighted by Crippen LogP contribution is 2.31. The summed E-state index contributed by atoms with van der Waals surface area (Å²) in [5.74, 6) is 3.69. The van der Waals surface area contributed by atoms with Crippen molar-refractivity contribution in [2.45, 2.75) is 16.2 Å². The molecule has 2 heterocycles. The molecule has 0 aliphatic rings. The van der Waals surface area contributed by atoms with Crippen LogP contribution in [0.5, 0.6) is 0 Å². The van der Waals surface area contributed by atoms with E-state index >= 15 is 0 Å². The van der Waals surface area contributed by atoms with E-state index in [0.29, 0.717) is 10.0 Å². The van der Waals surface area contributed by atoms with Gasteiger partial charge in [0.2, 0.25) is 5.82 Å². The first-order chi connectivity index (χ1) is 9.38. The molecule has 5 nitrogen and oxygen atoms in total. The summed E-state index contributed by atoms with van der Waals surface area (Å²) in [6.07, 6.45) is -3.27. The van der Waals surface area contributed by atoms with Crippen LogP contribution < -0.4 is 11.3 Å². The lowest BCUT2D eigenvalue weighted by Gasteiger charge is -2.09. The van der Waals surface area contributed by atoms with Crippen LogP contribution in [0.3, 0.4) is 0 Å². The summed E-state index contributed by atoms with van der Waals surface area (Å²) in [5, 5.41) is 0.941. The first kappa shape index (κ1) is 14.8. The standard InChI is InChI=1S/C10H7ClF3N5S/c11-5-1-2-7(16-4-5)20-8-3-6(19-15)17-9(18-8)10(12,13)14/h1-4H,15H2,(H,17,18,19). The van der Waals surface area contributed by atoms with Crippen molar-refractivity contribution in [2.24, 2.45) is 5.84 Å². The molecular formula is C10H7ClF3N5S. The van der Waals surface area contributed by atoms with E-state index in [4.69, 9.17) is 17.4 Å². The number of alkyl halides is 3. The second kappa shape index (κ2) is 5.81. The average Bonchev–Trinajstić information content (AvgIpc) is 2.40. The number of halogens is 4. The van der Waals surface area contributed by atoms with E-state index in [0.717, 1.165) is 11.8 Å². The maximum absolute atomic E-state index is 12.6. The van der Waals surface area contributed by atoms with Gasteiger partial charge in [-0.15, -0.1) is 0 Å². The molecule has 2 aromatic heterocycles. The number of aromatic nitrogens is 3. The number of nitrogens with zero attached hydrogens (tertiary/aromatic N) is 3. The number of nitrogens with two attached hydrogens (primary N) is 1. The van der Waals surface area contributed by atoms with E-state index < -0.39 is 12.0 Å². The number of hydrogen-bond donors (Lipinski definition) is 2. The van der Waals surface area contributed by atoms with Crippen molar-refractivity contribution in [3.05, 3.63) is 35.2 Å². The molecule has 0 radical (unpaired) electrons. The highest BCUT2D eigenvalue weighted by atomic mass is 35.5. The van der Waals surface area contributed by atoms with Crippen LogP contribution in [0.25, 0.3) is 0 Å². The molecule has 0 aromatic carbocycles. The van der Waals surface area contributed by atoms with Crippen LogP contribution >= 0.6 is 23.4 Å². The molecule has 106 valence electrons. The van der Waals surface area contributed by atoms with Gasteiger partial charge in [0, 0.05) is 12.3 Å². The highest BCUT2D eigenvalue weighted by molar-refractivity contribution is 7.99. The molecule has 0 saturated carbocycles. The maximum atomic E-state index is 12.6. The fourth-order valence-electron chi connectivity index (χ4n) is 1.21. The zero-order chi connectivity index (χ0) is 14.8. The Balaban J connectivity index is 2.33. The fourth-order valence-corrected chi connectivity index (χ4v) is 2.08. The number of nitrogens with one attached hydrogen (secondary N) is 1. The van der Waals surface area contributed by atoms with Gasteiger partial charge in [-0.2, -0.15) is 13.2 Å². The molecule has 20 heavy (non-hydrogen) atoms. The molecule has 0 aliphatic heterocycles. The summed E-state index contributed by atoms with van der Waals surface area (Å²) in [5.41, 5.74) is 2.07. The third kappa shape index (κ3) is 3.71. The van der Waals surface area contributed by atoms with E-state index in [-0.39, 0.29) is 10.8 Å². The van der Waals surface area contributed by atoms with Gasteiger partial charge in [0.15, 0.2) is 0 Å². The van der Waals surface area contributed by atoms with Crippen LogP contribution in [-0.4, -0.2) is 15.0 Å². The van der Waals surface area contributed by atoms with Gasteiger partial charge in [-0.05, 0) is 23.9 Å². The lowest BCUT2D eigenvalue weighted by atomic mass is 10.5. The van der Waals surface area contributed by atoms with Crippen LogP contribution in [0, 0.1) is 0 Å². The van der Waals surface area contributed by atoms with E-state index in [1.807, 2.05) is 0 Å². The van der Waals surface area contributed by atoms with Crippen molar-refractivity contribution < 1.29 is 13.2 Å². The number of anilines is 1. The summed E-state index contributed by atoms with van der Waals surface area (Å²) < 4.78 is 37.9. The second-order valence-electron chi connectivity index (χ2n) is 3.47. The smallest absolute Gasteiger partial charge is 0.308 e. The largest absolute Gasteiger partial charge is 0.451 e. The van der Waals surface area contributed by atoms with Gasteiger partial charge in [-0.25, -0.2) is 20.8 Å². The molecule has 0 fully saturated rings. The first-order valence-electron chi connectivity index (χ1n) is 5.11. The van der Waals surface area contributed by atoms with E-state index in [9.17, 15) is 13.2 Å². The van der Waals surface area contributed by atoms with Crippen molar-refractivity contribution >= 4 is 29.2 Å². The molecule has 0 atom stereocenters.